The van der Waals surface area contributed by atoms with Gasteiger partial charge in [-0.25, -0.2) is 0 Å². The molecule has 0 unspecified atom stereocenters. The topological polar surface area (TPSA) is 110 Å². The third-order valence-electron chi connectivity index (χ3n) is 4.99. The van der Waals surface area contributed by atoms with Crippen LogP contribution in [0.3, 0.4) is 0 Å². The Morgan fingerprint density at radius 2 is 1.89 bits per heavy atom. The van der Waals surface area contributed by atoms with Crippen molar-refractivity contribution in [3.05, 3.63) is 51.2 Å². The minimum Gasteiger partial charge on any atom is -0.508 e. The summed E-state index contributed by atoms with van der Waals surface area (Å²) in [5.41, 5.74) is 14.4. The Hall–Kier alpha value is -2.38. The summed E-state index contributed by atoms with van der Waals surface area (Å²) in [6.07, 6.45) is 1.90. The smallest absolute Gasteiger partial charge is 0.240 e. The van der Waals surface area contributed by atoms with Gasteiger partial charge in [0.15, 0.2) is 0 Å². The zero-order valence-corrected chi connectivity index (χ0v) is 17.5. The molecule has 0 spiro atoms. The van der Waals surface area contributed by atoms with Crippen molar-refractivity contribution < 1.29 is 14.7 Å². The minimum absolute atomic E-state index is 0.191. The predicted molar refractivity (Wildman–Crippen MR) is 112 cm³/mol. The van der Waals surface area contributed by atoms with E-state index in [1.165, 1.54) is 9.78 Å². The molecule has 152 valence electrons. The number of benzene rings is 1. The predicted octanol–water partition coefficient (Wildman–Crippen LogP) is 2.28. The van der Waals surface area contributed by atoms with E-state index in [2.05, 4.69) is 6.07 Å². The number of carbonyl (C=O) groups is 2. The normalized spacial score (nSPS) is 13.1. The van der Waals surface area contributed by atoms with E-state index in [4.69, 9.17) is 11.5 Å². The van der Waals surface area contributed by atoms with Crippen molar-refractivity contribution in [2.45, 2.75) is 52.1 Å². The summed E-state index contributed by atoms with van der Waals surface area (Å²) in [4.78, 5) is 27.5. The standard InChI is InChI=1S/C21H29N3O3S/c1-13-10-16(25)11-14(2)18(13)12-19(22)21(27)24(15(3)20(23)26)8-4-6-17-7-5-9-28-17/h5,7,9-11,15,19,25H,4,6,8,12,22H2,1-3H3,(H2,23,26)/t15-,19+/m1/s1. The van der Waals surface area contributed by atoms with Crippen LogP contribution in [-0.4, -0.2) is 40.4 Å². The molecular formula is C21H29N3O3S. The molecule has 5 N–H and O–H groups in total. The van der Waals surface area contributed by atoms with Crippen molar-refractivity contribution in [3.63, 3.8) is 0 Å². The zero-order chi connectivity index (χ0) is 20.8. The molecule has 6 nitrogen and oxygen atoms in total. The van der Waals surface area contributed by atoms with Gasteiger partial charge in [0.25, 0.3) is 0 Å². The van der Waals surface area contributed by atoms with Crippen LogP contribution in [0.15, 0.2) is 29.6 Å². The first-order valence-electron chi connectivity index (χ1n) is 9.37. The number of aryl methyl sites for hydroxylation is 3. The number of aromatic hydroxyl groups is 1. The summed E-state index contributed by atoms with van der Waals surface area (Å²) >= 11 is 1.67. The van der Waals surface area contributed by atoms with Crippen LogP contribution in [0.1, 0.15) is 34.9 Å². The van der Waals surface area contributed by atoms with Crippen LogP contribution in [0, 0.1) is 13.8 Å². The van der Waals surface area contributed by atoms with E-state index in [9.17, 15) is 14.7 Å². The molecule has 0 aliphatic rings. The molecule has 0 bridgehead atoms. The lowest BCUT2D eigenvalue weighted by atomic mass is 9.95. The molecule has 0 fully saturated rings. The van der Waals surface area contributed by atoms with E-state index in [-0.39, 0.29) is 11.7 Å². The average Bonchev–Trinajstić information content (AvgIpc) is 3.13. The van der Waals surface area contributed by atoms with Gasteiger partial charge in [0.05, 0.1) is 6.04 Å². The van der Waals surface area contributed by atoms with Gasteiger partial charge in [-0.3, -0.25) is 9.59 Å². The molecule has 0 radical (unpaired) electrons. The van der Waals surface area contributed by atoms with E-state index in [0.29, 0.717) is 13.0 Å². The van der Waals surface area contributed by atoms with Crippen LogP contribution in [0.25, 0.3) is 0 Å². The van der Waals surface area contributed by atoms with Crippen molar-refractivity contribution in [2.75, 3.05) is 6.54 Å². The van der Waals surface area contributed by atoms with Crippen LogP contribution >= 0.6 is 11.3 Å². The van der Waals surface area contributed by atoms with Gasteiger partial charge in [0.2, 0.25) is 11.8 Å². The first kappa shape index (κ1) is 21.9. The Bertz CT molecular complexity index is 797. The second kappa shape index (κ2) is 9.71. The first-order valence-corrected chi connectivity index (χ1v) is 10.3. The Labute approximate surface area is 170 Å². The molecule has 1 aromatic carbocycles. The average molecular weight is 404 g/mol. The largest absolute Gasteiger partial charge is 0.508 e. The fraction of sp³-hybridized carbons (Fsp3) is 0.429. The molecule has 1 aromatic heterocycles. The number of hydrogen-bond acceptors (Lipinski definition) is 5. The third-order valence-corrected chi connectivity index (χ3v) is 5.92. The first-order chi connectivity index (χ1) is 13.2. The number of thiophene rings is 1. The van der Waals surface area contributed by atoms with Gasteiger partial charge in [0.1, 0.15) is 11.8 Å². The molecule has 0 aliphatic carbocycles. The van der Waals surface area contributed by atoms with Gasteiger partial charge in [-0.15, -0.1) is 11.3 Å². The Kier molecular flexibility index (Phi) is 7.60. The molecule has 0 aliphatic heterocycles. The van der Waals surface area contributed by atoms with Crippen molar-refractivity contribution in [2.24, 2.45) is 11.5 Å². The van der Waals surface area contributed by atoms with Gasteiger partial charge in [0, 0.05) is 11.4 Å². The summed E-state index contributed by atoms with van der Waals surface area (Å²) in [7, 11) is 0. The highest BCUT2D eigenvalue weighted by molar-refractivity contribution is 7.09. The van der Waals surface area contributed by atoms with Crippen LogP contribution in [-0.2, 0) is 22.4 Å². The second-order valence-electron chi connectivity index (χ2n) is 7.16. The van der Waals surface area contributed by atoms with E-state index < -0.39 is 18.0 Å². The number of nitrogens with two attached hydrogens (primary N) is 2. The number of hydrogen-bond donors (Lipinski definition) is 3. The van der Waals surface area contributed by atoms with Crippen molar-refractivity contribution in [1.82, 2.24) is 4.90 Å². The summed E-state index contributed by atoms with van der Waals surface area (Å²) in [5, 5.41) is 11.7. The lowest BCUT2D eigenvalue weighted by Crippen LogP contribution is -2.53. The van der Waals surface area contributed by atoms with Crippen molar-refractivity contribution in [1.29, 1.82) is 0 Å². The molecule has 28 heavy (non-hydrogen) atoms. The quantitative estimate of drug-likeness (QED) is 0.596. The van der Waals surface area contributed by atoms with E-state index >= 15 is 0 Å². The fourth-order valence-corrected chi connectivity index (χ4v) is 4.09. The number of amides is 2. The highest BCUT2D eigenvalue weighted by Gasteiger charge is 2.28. The number of nitrogens with zero attached hydrogens (tertiary/aromatic N) is 1. The molecule has 7 heteroatoms. The van der Waals surface area contributed by atoms with Crippen LogP contribution < -0.4 is 11.5 Å². The number of rotatable bonds is 9. The van der Waals surface area contributed by atoms with Gasteiger partial charge in [-0.2, -0.15) is 0 Å². The number of phenolic OH excluding ortho intramolecular Hbond substituents is 1. The number of carbonyl (C=O) groups excluding carboxylic acids is 2. The summed E-state index contributed by atoms with van der Waals surface area (Å²) < 4.78 is 0. The second-order valence-corrected chi connectivity index (χ2v) is 8.19. The third kappa shape index (κ3) is 5.56. The molecular weight excluding hydrogens is 374 g/mol. The van der Waals surface area contributed by atoms with Gasteiger partial charge in [-0.1, -0.05) is 6.07 Å². The van der Waals surface area contributed by atoms with E-state index in [0.717, 1.165) is 29.5 Å². The van der Waals surface area contributed by atoms with Crippen LogP contribution in [0.4, 0.5) is 0 Å². The molecule has 0 saturated carbocycles. The molecule has 2 aromatic rings. The van der Waals surface area contributed by atoms with Gasteiger partial charge < -0.3 is 21.5 Å². The number of phenols is 1. The molecule has 0 saturated heterocycles. The summed E-state index contributed by atoms with van der Waals surface area (Å²) in [5.74, 6) is -0.644. The minimum atomic E-state index is -0.787. The summed E-state index contributed by atoms with van der Waals surface area (Å²) in [6.45, 7) is 5.81. The Morgan fingerprint density at radius 1 is 1.25 bits per heavy atom. The van der Waals surface area contributed by atoms with Crippen molar-refractivity contribution in [3.8, 4) is 5.75 Å². The monoisotopic (exact) mass is 403 g/mol. The fourth-order valence-electron chi connectivity index (χ4n) is 3.34. The zero-order valence-electron chi connectivity index (χ0n) is 16.6. The summed E-state index contributed by atoms with van der Waals surface area (Å²) in [6, 6.07) is 5.85. The van der Waals surface area contributed by atoms with Gasteiger partial charge >= 0.3 is 0 Å². The van der Waals surface area contributed by atoms with Crippen LogP contribution in [0.5, 0.6) is 5.75 Å². The molecule has 2 amide bonds. The Balaban J connectivity index is 2.10. The highest BCUT2D eigenvalue weighted by atomic mass is 32.1. The molecule has 2 rings (SSSR count). The van der Waals surface area contributed by atoms with E-state index in [1.807, 2.05) is 25.3 Å². The Morgan fingerprint density at radius 3 is 2.43 bits per heavy atom. The molecule has 1 heterocycles. The van der Waals surface area contributed by atoms with Gasteiger partial charge in [-0.05, 0) is 80.3 Å². The maximum atomic E-state index is 13.0. The maximum absolute atomic E-state index is 13.0. The lowest BCUT2D eigenvalue weighted by molar-refractivity contribution is -0.139. The SMILES string of the molecule is Cc1cc(O)cc(C)c1C[C@H](N)C(=O)N(CCCc1cccs1)[C@H](C)C(N)=O. The maximum Gasteiger partial charge on any atom is 0.240 e. The van der Waals surface area contributed by atoms with E-state index in [1.54, 1.807) is 30.4 Å². The van der Waals surface area contributed by atoms with Crippen molar-refractivity contribution >= 4 is 23.2 Å². The van der Waals surface area contributed by atoms with Crippen LogP contribution in [0.2, 0.25) is 0 Å². The lowest BCUT2D eigenvalue weighted by Gasteiger charge is -2.30. The molecule has 2 atom stereocenters. The number of primary amides is 1. The highest BCUT2D eigenvalue weighted by Crippen LogP contribution is 2.22.